The van der Waals surface area contributed by atoms with Crippen LogP contribution in [0.1, 0.15) is 0 Å². The van der Waals surface area contributed by atoms with Gasteiger partial charge in [-0.2, -0.15) is 0 Å². The first-order valence-corrected chi connectivity index (χ1v) is 34.4. The summed E-state index contributed by atoms with van der Waals surface area (Å²) in [5.74, 6) is 0. The van der Waals surface area contributed by atoms with E-state index in [1.807, 2.05) is 0 Å². The van der Waals surface area contributed by atoms with Crippen molar-refractivity contribution in [1.29, 1.82) is 0 Å². The van der Waals surface area contributed by atoms with Gasteiger partial charge in [-0.3, -0.25) is 0 Å². The fourth-order valence-corrected chi connectivity index (χ4v) is 16.3. The zero-order valence-electron chi connectivity index (χ0n) is 53.5. The number of pyridine rings is 2. The minimum atomic E-state index is 0.966. The van der Waals surface area contributed by atoms with Gasteiger partial charge in [0.15, 0.2) is 0 Å². The van der Waals surface area contributed by atoms with Crippen LogP contribution in [-0.4, -0.2) is 28.2 Å². The zero-order chi connectivity index (χ0) is 65.2. The first kappa shape index (κ1) is 56.6. The Morgan fingerprint density at radius 2 is 0.505 bits per heavy atom. The average molecular weight is 1330 g/mol. The lowest BCUT2D eigenvalue weighted by atomic mass is 9.95. The van der Waals surface area contributed by atoms with Gasteiger partial charge in [0.2, 0.25) is 0 Å². The van der Waals surface area contributed by atoms with Crippen molar-refractivity contribution in [3.63, 3.8) is 0 Å². The molecule has 462 valence electrons. The second-order valence-electron chi connectivity index (χ2n) is 25.7. The highest BCUT2D eigenvalue weighted by atomic mass is 79.9. The Morgan fingerprint density at radius 3 is 0.909 bits per heavy atom. The molecule has 0 aliphatic heterocycles. The Kier molecular flexibility index (Phi) is 13.0. The van der Waals surface area contributed by atoms with E-state index in [-0.39, 0.29) is 0 Å². The summed E-state index contributed by atoms with van der Waals surface area (Å²) in [5, 5.41) is 17.0. The maximum absolute atomic E-state index is 5.51. The van der Waals surface area contributed by atoms with Crippen molar-refractivity contribution in [3.8, 4) is 56.4 Å². The molecule has 0 spiro atoms. The van der Waals surface area contributed by atoms with E-state index in [0.717, 1.165) is 93.6 Å². The van der Waals surface area contributed by atoms with Crippen molar-refractivity contribution in [2.24, 2.45) is 0 Å². The van der Waals surface area contributed by atoms with Gasteiger partial charge in [0, 0.05) is 103 Å². The van der Waals surface area contributed by atoms with Crippen molar-refractivity contribution in [2.45, 2.75) is 0 Å². The monoisotopic (exact) mass is 1320 g/mol. The maximum Gasteiger partial charge on any atom is 0.0789 e. The highest BCUT2D eigenvalue weighted by Gasteiger charge is 2.23. The maximum atomic E-state index is 5.51. The van der Waals surface area contributed by atoms with Crippen molar-refractivity contribution in [3.05, 3.63) is 350 Å². The molecule has 0 aliphatic carbocycles. The molecule has 0 bridgehead atoms. The molecule has 6 nitrogen and oxygen atoms in total. The first-order valence-electron chi connectivity index (χ1n) is 33.6. The lowest BCUT2D eigenvalue weighted by molar-refractivity contribution is 1.13. The number of hydrogen-bond donors (Lipinski definition) is 0. The van der Waals surface area contributed by atoms with Gasteiger partial charge in [0.1, 0.15) is 0 Å². The van der Waals surface area contributed by atoms with Gasteiger partial charge >= 0.3 is 0 Å². The van der Waals surface area contributed by atoms with Crippen LogP contribution in [0.4, 0.5) is 0 Å². The number of benzene rings is 15. The molecule has 0 saturated carbocycles. The topological polar surface area (TPSA) is 45.5 Å². The summed E-state index contributed by atoms with van der Waals surface area (Å²) in [7, 11) is 0. The number of nitrogens with zero attached hydrogens (tertiary/aromatic N) is 6. The fourth-order valence-electron chi connectivity index (χ4n) is 15.9. The molecular weight excluding hydrogens is 1270 g/mol. The third-order valence-electron chi connectivity index (χ3n) is 20.2. The van der Waals surface area contributed by atoms with Crippen molar-refractivity contribution in [2.75, 3.05) is 0 Å². The molecular formula is C92H57BrN6. The summed E-state index contributed by atoms with van der Waals surface area (Å²) in [5.41, 5.74) is 22.3. The van der Waals surface area contributed by atoms with E-state index in [1.165, 1.54) is 97.9 Å². The molecule has 0 fully saturated rings. The van der Waals surface area contributed by atoms with Crippen LogP contribution < -0.4 is 0 Å². The first-order chi connectivity index (χ1) is 49.0. The molecule has 21 rings (SSSR count). The second kappa shape index (κ2) is 22.7. The van der Waals surface area contributed by atoms with E-state index < -0.39 is 0 Å². The molecule has 99 heavy (non-hydrogen) atoms. The van der Waals surface area contributed by atoms with Crippen LogP contribution in [0.15, 0.2) is 350 Å². The summed E-state index contributed by atoms with van der Waals surface area (Å²) in [6.07, 6.45) is 0. The SMILES string of the molecule is Brc1cccc(-c2nc3ccccc3c3cc4c5ccccc5n(-c5ccccc5)c4cc23)c1.c1ccc(-n2c3ccccc3c3cc4c(cc32)c(-c2cccc(-c3cc(-n5c6ccccc6c6ccccc65)cc(-n5c6ccccc6c6ccccc65)c3)c2)nc2ccccc24)cc1. The standard InChI is InChI=1S/C61H38N4.C31H19BrN2/c1-2-19-42(20-3-1)63-59-32-15-9-26-50(59)52-37-51-45-21-4-10-27-54(45)62-61(53(51)38-60(52)63)40-18-16-17-39(33-40)41-34-43(64-55-28-11-5-22-46(55)47-23-6-12-29-56(47)64)36-44(35-41)65-57-30-13-7-24-48(57)49-25-8-14-31-58(49)65;32-21-10-8-9-20(17-21)31-27-19-30-26(18-25(27)23-13-4-6-15-28(23)33-31)24-14-5-7-16-29(24)34(30)22-11-2-1-3-12-22/h1-38H;1-19H. The average Bonchev–Trinajstić information content (AvgIpc) is 1.65. The predicted octanol–water partition coefficient (Wildman–Crippen LogP) is 24.9. The van der Waals surface area contributed by atoms with Gasteiger partial charge in [-0.05, 0) is 155 Å². The van der Waals surface area contributed by atoms with Gasteiger partial charge in [0.25, 0.3) is 0 Å². The van der Waals surface area contributed by atoms with Gasteiger partial charge in [0.05, 0.1) is 66.6 Å². The molecule has 7 heteroatoms. The number of fused-ring (bicyclic) bond motifs is 18. The molecule has 0 radical (unpaired) electrons. The van der Waals surface area contributed by atoms with Crippen molar-refractivity contribution in [1.82, 2.24) is 28.2 Å². The van der Waals surface area contributed by atoms with Crippen molar-refractivity contribution >= 4 is 147 Å². The Labute approximate surface area is 577 Å². The van der Waals surface area contributed by atoms with Gasteiger partial charge in [-0.15, -0.1) is 0 Å². The molecule has 0 N–H and O–H groups in total. The molecule has 15 aromatic carbocycles. The molecule has 0 atom stereocenters. The van der Waals surface area contributed by atoms with Crippen LogP contribution in [0.25, 0.3) is 187 Å². The molecule has 21 aromatic rings. The third-order valence-corrected chi connectivity index (χ3v) is 20.7. The summed E-state index contributed by atoms with van der Waals surface area (Å²) < 4.78 is 10.7. The summed E-state index contributed by atoms with van der Waals surface area (Å²) >= 11 is 3.65. The van der Waals surface area contributed by atoms with Gasteiger partial charge < -0.3 is 18.3 Å². The van der Waals surface area contributed by atoms with E-state index in [2.05, 4.69) is 380 Å². The predicted molar refractivity (Wildman–Crippen MR) is 420 cm³/mol. The Balaban J connectivity index is 0.000000163. The van der Waals surface area contributed by atoms with Gasteiger partial charge in [-0.1, -0.05) is 228 Å². The molecule has 6 aromatic heterocycles. The molecule has 0 amide bonds. The highest BCUT2D eigenvalue weighted by molar-refractivity contribution is 9.10. The third kappa shape index (κ3) is 9.09. The van der Waals surface area contributed by atoms with E-state index in [0.29, 0.717) is 0 Å². The summed E-state index contributed by atoms with van der Waals surface area (Å²) in [4.78, 5) is 10.7. The lowest BCUT2D eigenvalue weighted by Gasteiger charge is -2.17. The van der Waals surface area contributed by atoms with E-state index >= 15 is 0 Å². The molecule has 0 unspecified atom stereocenters. The van der Waals surface area contributed by atoms with Crippen LogP contribution in [0.2, 0.25) is 0 Å². The quantitative estimate of drug-likeness (QED) is 0.149. The number of aromatic nitrogens is 6. The van der Waals surface area contributed by atoms with Gasteiger partial charge in [-0.25, -0.2) is 9.97 Å². The molecule has 0 aliphatic rings. The minimum absolute atomic E-state index is 0.966. The number of hydrogen-bond acceptors (Lipinski definition) is 2. The lowest BCUT2D eigenvalue weighted by Crippen LogP contribution is -2.00. The second-order valence-corrected chi connectivity index (χ2v) is 26.6. The smallest absolute Gasteiger partial charge is 0.0789 e. The van der Waals surface area contributed by atoms with Crippen molar-refractivity contribution < 1.29 is 0 Å². The number of halogens is 1. The van der Waals surface area contributed by atoms with Crippen LogP contribution in [0.3, 0.4) is 0 Å². The zero-order valence-corrected chi connectivity index (χ0v) is 55.1. The van der Waals surface area contributed by atoms with Crippen LogP contribution in [0, 0.1) is 0 Å². The fraction of sp³-hybridized carbons (Fsp3) is 0. The minimum Gasteiger partial charge on any atom is -0.309 e. The molecule has 6 heterocycles. The highest BCUT2D eigenvalue weighted by Crippen LogP contribution is 2.45. The Hall–Kier alpha value is -12.7. The van der Waals surface area contributed by atoms with E-state index in [4.69, 9.17) is 9.97 Å². The summed E-state index contributed by atoms with van der Waals surface area (Å²) in [6.45, 7) is 0. The van der Waals surface area contributed by atoms with Crippen LogP contribution in [-0.2, 0) is 0 Å². The van der Waals surface area contributed by atoms with Crippen LogP contribution >= 0.6 is 15.9 Å². The number of para-hydroxylation sites is 10. The Bertz CT molecular complexity index is 6630. The number of rotatable bonds is 7. The van der Waals surface area contributed by atoms with Crippen LogP contribution in [0.5, 0.6) is 0 Å². The normalized spacial score (nSPS) is 11.9. The van der Waals surface area contributed by atoms with E-state index in [9.17, 15) is 0 Å². The largest absolute Gasteiger partial charge is 0.309 e. The van der Waals surface area contributed by atoms with E-state index in [1.54, 1.807) is 0 Å². The molecule has 0 saturated heterocycles. The Morgan fingerprint density at radius 1 is 0.182 bits per heavy atom. The summed E-state index contributed by atoms with van der Waals surface area (Å²) in [6, 6.07) is 125.